The monoisotopic (exact) mass is 295 g/mol. The minimum Gasteiger partial charge on any atom is -0.369 e. The van der Waals surface area contributed by atoms with Crippen LogP contribution in [0.2, 0.25) is 5.02 Å². The molecular formula is C13H11BrClN. The molecule has 0 saturated heterocycles. The molecule has 1 atom stereocenters. The smallest absolute Gasteiger partial charge is 0.107 e. The van der Waals surface area contributed by atoms with E-state index in [2.05, 4.69) is 33.4 Å². The number of benzene rings is 2. The summed E-state index contributed by atoms with van der Waals surface area (Å²) in [5, 5.41) is 4.09. The third-order valence-corrected chi connectivity index (χ3v) is 3.24. The number of hydrogen-bond acceptors (Lipinski definition) is 1. The summed E-state index contributed by atoms with van der Waals surface area (Å²) in [6.45, 7) is 0. The summed E-state index contributed by atoms with van der Waals surface area (Å²) in [6, 6.07) is 17.8. The van der Waals surface area contributed by atoms with Gasteiger partial charge < -0.3 is 5.32 Å². The zero-order valence-corrected chi connectivity index (χ0v) is 10.9. The molecule has 0 amide bonds. The molecule has 0 heterocycles. The summed E-state index contributed by atoms with van der Waals surface area (Å²) >= 11 is 9.42. The molecule has 1 nitrogen and oxygen atoms in total. The van der Waals surface area contributed by atoms with Gasteiger partial charge in [0.05, 0.1) is 0 Å². The second-order valence-corrected chi connectivity index (χ2v) is 4.78. The summed E-state index contributed by atoms with van der Waals surface area (Å²) in [6.07, 6.45) is 0. The van der Waals surface area contributed by atoms with Crippen molar-refractivity contribution in [2.75, 3.05) is 5.32 Å². The Morgan fingerprint density at radius 1 is 0.938 bits per heavy atom. The molecule has 0 fully saturated rings. The van der Waals surface area contributed by atoms with Crippen LogP contribution >= 0.6 is 27.5 Å². The lowest BCUT2D eigenvalue weighted by molar-refractivity contribution is 1.13. The van der Waals surface area contributed by atoms with E-state index in [0.717, 1.165) is 10.7 Å². The van der Waals surface area contributed by atoms with E-state index >= 15 is 0 Å². The maximum absolute atomic E-state index is 5.83. The summed E-state index contributed by atoms with van der Waals surface area (Å²) in [5.74, 6) is 0. The summed E-state index contributed by atoms with van der Waals surface area (Å²) in [4.78, 5) is 0.106. The van der Waals surface area contributed by atoms with Crippen LogP contribution in [0.5, 0.6) is 0 Å². The van der Waals surface area contributed by atoms with Crippen molar-refractivity contribution < 1.29 is 0 Å². The Morgan fingerprint density at radius 2 is 1.56 bits per heavy atom. The molecule has 1 N–H and O–H groups in total. The third kappa shape index (κ3) is 3.00. The van der Waals surface area contributed by atoms with Gasteiger partial charge in [-0.15, -0.1) is 0 Å². The highest BCUT2D eigenvalue weighted by molar-refractivity contribution is 9.09. The van der Waals surface area contributed by atoms with Crippen molar-refractivity contribution in [1.82, 2.24) is 0 Å². The van der Waals surface area contributed by atoms with Gasteiger partial charge in [-0.2, -0.15) is 0 Å². The molecule has 0 aliphatic carbocycles. The Bertz CT molecular complexity index is 441. The predicted octanol–water partition coefficient (Wildman–Crippen LogP) is 4.85. The average molecular weight is 297 g/mol. The van der Waals surface area contributed by atoms with Crippen LogP contribution < -0.4 is 5.32 Å². The van der Waals surface area contributed by atoms with Crippen LogP contribution in [-0.4, -0.2) is 0 Å². The van der Waals surface area contributed by atoms with E-state index in [4.69, 9.17) is 11.6 Å². The third-order valence-electron chi connectivity index (χ3n) is 2.23. The number of halogens is 2. The highest BCUT2D eigenvalue weighted by Gasteiger charge is 2.05. The molecular weight excluding hydrogens is 286 g/mol. The van der Waals surface area contributed by atoms with Crippen molar-refractivity contribution in [3.05, 3.63) is 65.2 Å². The highest BCUT2D eigenvalue weighted by atomic mass is 79.9. The number of hydrogen-bond donors (Lipinski definition) is 1. The first-order valence-corrected chi connectivity index (χ1v) is 6.26. The Hall–Kier alpha value is -0.990. The molecule has 0 aliphatic heterocycles. The first-order chi connectivity index (χ1) is 7.75. The van der Waals surface area contributed by atoms with Crippen LogP contribution in [0.1, 0.15) is 10.5 Å². The molecule has 0 spiro atoms. The van der Waals surface area contributed by atoms with Gasteiger partial charge in [0.2, 0.25) is 0 Å². The molecule has 0 aliphatic rings. The van der Waals surface area contributed by atoms with E-state index in [-0.39, 0.29) is 4.95 Å². The quantitative estimate of drug-likeness (QED) is 0.631. The van der Waals surface area contributed by atoms with Gasteiger partial charge in [-0.05, 0) is 29.8 Å². The fourth-order valence-corrected chi connectivity index (χ4v) is 2.09. The van der Waals surface area contributed by atoms with Gasteiger partial charge >= 0.3 is 0 Å². The molecule has 2 aromatic rings. The molecule has 0 radical (unpaired) electrons. The lowest BCUT2D eigenvalue weighted by Crippen LogP contribution is -2.02. The molecule has 2 aromatic carbocycles. The molecule has 2 rings (SSSR count). The topological polar surface area (TPSA) is 12.0 Å². The van der Waals surface area contributed by atoms with Crippen molar-refractivity contribution in [2.45, 2.75) is 4.95 Å². The van der Waals surface area contributed by atoms with E-state index in [9.17, 15) is 0 Å². The molecule has 16 heavy (non-hydrogen) atoms. The molecule has 0 bridgehead atoms. The molecule has 3 heteroatoms. The van der Waals surface area contributed by atoms with Crippen LogP contribution in [0.25, 0.3) is 0 Å². The zero-order chi connectivity index (χ0) is 11.4. The van der Waals surface area contributed by atoms with Gasteiger partial charge in [-0.3, -0.25) is 0 Å². The molecule has 0 saturated carbocycles. The van der Waals surface area contributed by atoms with Gasteiger partial charge in [-0.1, -0.05) is 57.9 Å². The first kappa shape index (κ1) is 11.5. The summed E-state index contributed by atoms with van der Waals surface area (Å²) < 4.78 is 0. The van der Waals surface area contributed by atoms with Gasteiger partial charge in [-0.25, -0.2) is 0 Å². The lowest BCUT2D eigenvalue weighted by Gasteiger charge is -2.13. The van der Waals surface area contributed by atoms with Crippen molar-refractivity contribution >= 4 is 33.2 Å². The number of anilines is 1. The zero-order valence-electron chi connectivity index (χ0n) is 8.53. The van der Waals surface area contributed by atoms with E-state index in [0.29, 0.717) is 0 Å². The average Bonchev–Trinajstić information content (AvgIpc) is 2.33. The molecule has 1 unspecified atom stereocenters. The maximum Gasteiger partial charge on any atom is 0.107 e. The SMILES string of the molecule is Clc1ccc(NC(Br)c2ccccc2)cc1. The van der Waals surface area contributed by atoms with Crippen LogP contribution in [-0.2, 0) is 0 Å². The van der Waals surface area contributed by atoms with Crippen molar-refractivity contribution in [3.8, 4) is 0 Å². The van der Waals surface area contributed by atoms with E-state index < -0.39 is 0 Å². The second-order valence-electron chi connectivity index (χ2n) is 3.42. The van der Waals surface area contributed by atoms with Gasteiger partial charge in [0.25, 0.3) is 0 Å². The Balaban J connectivity index is 2.08. The van der Waals surface area contributed by atoms with Crippen molar-refractivity contribution in [1.29, 1.82) is 0 Å². The Kier molecular flexibility index (Phi) is 3.86. The van der Waals surface area contributed by atoms with Crippen molar-refractivity contribution in [3.63, 3.8) is 0 Å². The van der Waals surface area contributed by atoms with Crippen LogP contribution in [0.15, 0.2) is 54.6 Å². The van der Waals surface area contributed by atoms with Crippen LogP contribution in [0.4, 0.5) is 5.69 Å². The van der Waals surface area contributed by atoms with Gasteiger partial charge in [0.15, 0.2) is 0 Å². The number of rotatable bonds is 3. The van der Waals surface area contributed by atoms with Gasteiger partial charge in [0.1, 0.15) is 4.95 Å². The molecule has 82 valence electrons. The number of nitrogens with one attached hydrogen (secondary N) is 1. The van der Waals surface area contributed by atoms with Crippen LogP contribution in [0.3, 0.4) is 0 Å². The van der Waals surface area contributed by atoms with Crippen LogP contribution in [0, 0.1) is 0 Å². The fourth-order valence-electron chi connectivity index (χ4n) is 1.40. The normalized spacial score (nSPS) is 12.1. The minimum absolute atomic E-state index is 0.106. The maximum atomic E-state index is 5.83. The Labute approximate surface area is 109 Å². The summed E-state index contributed by atoms with van der Waals surface area (Å²) in [5.41, 5.74) is 2.23. The molecule has 0 aromatic heterocycles. The lowest BCUT2D eigenvalue weighted by atomic mass is 10.2. The van der Waals surface area contributed by atoms with E-state index in [1.54, 1.807) is 0 Å². The Morgan fingerprint density at radius 3 is 2.19 bits per heavy atom. The van der Waals surface area contributed by atoms with Crippen molar-refractivity contribution in [2.24, 2.45) is 0 Å². The standard InChI is InChI=1S/C13H11BrClN/c14-13(10-4-2-1-3-5-10)16-12-8-6-11(15)7-9-12/h1-9,13,16H. The highest BCUT2D eigenvalue weighted by Crippen LogP contribution is 2.25. The summed E-state index contributed by atoms with van der Waals surface area (Å²) in [7, 11) is 0. The second kappa shape index (κ2) is 5.37. The van der Waals surface area contributed by atoms with Gasteiger partial charge in [0, 0.05) is 10.7 Å². The largest absolute Gasteiger partial charge is 0.369 e. The number of alkyl halides is 1. The fraction of sp³-hybridized carbons (Fsp3) is 0.0769. The minimum atomic E-state index is 0.106. The van der Waals surface area contributed by atoms with E-state index in [1.807, 2.05) is 42.5 Å². The first-order valence-electron chi connectivity index (χ1n) is 4.97. The predicted molar refractivity (Wildman–Crippen MR) is 73.2 cm³/mol. The van der Waals surface area contributed by atoms with E-state index in [1.165, 1.54) is 5.56 Å².